The molecule has 1 aromatic carbocycles. The van der Waals surface area contributed by atoms with E-state index in [1.54, 1.807) is 22.5 Å². The Bertz CT molecular complexity index is 544. The molecular weight excluding hydrogens is 248 g/mol. The van der Waals surface area contributed by atoms with Gasteiger partial charge >= 0.3 is 0 Å². The molecule has 18 heavy (non-hydrogen) atoms. The van der Waals surface area contributed by atoms with E-state index in [9.17, 15) is 8.42 Å². The summed E-state index contributed by atoms with van der Waals surface area (Å²) in [7, 11) is -3.30. The average Bonchev–Trinajstić information content (AvgIpc) is 2.89. The van der Waals surface area contributed by atoms with Gasteiger partial charge in [0.2, 0.25) is 10.0 Å². The number of hydrogen-bond donors (Lipinski definition) is 1. The van der Waals surface area contributed by atoms with Crippen molar-refractivity contribution in [1.29, 1.82) is 0 Å². The highest BCUT2D eigenvalue weighted by atomic mass is 32.2. The number of nitrogens with zero attached hydrogens (tertiary/aromatic N) is 1. The van der Waals surface area contributed by atoms with Crippen LogP contribution in [0.25, 0.3) is 0 Å². The van der Waals surface area contributed by atoms with Crippen LogP contribution in [0.2, 0.25) is 0 Å². The van der Waals surface area contributed by atoms with Crippen molar-refractivity contribution in [3.8, 4) is 0 Å². The summed E-state index contributed by atoms with van der Waals surface area (Å²) in [5.74, 6) is 0.981. The van der Waals surface area contributed by atoms with E-state index in [0.717, 1.165) is 18.7 Å². The predicted molar refractivity (Wildman–Crippen MR) is 69.8 cm³/mol. The quantitative estimate of drug-likeness (QED) is 0.863. The zero-order valence-corrected chi connectivity index (χ0v) is 11.3. The number of hydrogen-bond acceptors (Lipinski definition) is 3. The Hall–Kier alpha value is -0.910. The van der Waals surface area contributed by atoms with E-state index >= 15 is 0 Å². The lowest BCUT2D eigenvalue weighted by Gasteiger charge is -2.17. The molecule has 2 saturated heterocycles. The zero-order valence-electron chi connectivity index (χ0n) is 10.5. The van der Waals surface area contributed by atoms with E-state index in [4.69, 9.17) is 0 Å². The van der Waals surface area contributed by atoms with E-state index in [1.807, 2.05) is 13.0 Å². The van der Waals surface area contributed by atoms with Crippen LogP contribution in [0.3, 0.4) is 0 Å². The second-order valence-electron chi connectivity index (χ2n) is 5.32. The van der Waals surface area contributed by atoms with Gasteiger partial charge in [-0.1, -0.05) is 12.1 Å². The Morgan fingerprint density at radius 3 is 2.50 bits per heavy atom. The summed E-state index contributed by atoms with van der Waals surface area (Å²) >= 11 is 0. The topological polar surface area (TPSA) is 49.4 Å². The fraction of sp³-hybridized carbons (Fsp3) is 0.538. The summed E-state index contributed by atoms with van der Waals surface area (Å²) < 4.78 is 26.7. The Morgan fingerprint density at radius 1 is 1.22 bits per heavy atom. The highest BCUT2D eigenvalue weighted by Crippen LogP contribution is 2.30. The number of rotatable bonds is 2. The van der Waals surface area contributed by atoms with Gasteiger partial charge in [-0.15, -0.1) is 0 Å². The highest BCUT2D eigenvalue weighted by molar-refractivity contribution is 7.89. The maximum atomic E-state index is 12.5. The molecule has 4 nitrogen and oxygen atoms in total. The molecule has 0 amide bonds. The first kappa shape index (κ1) is 12.1. The van der Waals surface area contributed by atoms with Gasteiger partial charge in [0.15, 0.2) is 0 Å². The van der Waals surface area contributed by atoms with Gasteiger partial charge in [-0.05, 0) is 49.5 Å². The van der Waals surface area contributed by atoms with Gasteiger partial charge in [-0.2, -0.15) is 4.31 Å². The molecule has 2 atom stereocenters. The first-order chi connectivity index (χ1) is 8.57. The fourth-order valence-corrected chi connectivity index (χ4v) is 4.59. The van der Waals surface area contributed by atoms with Gasteiger partial charge in [0.05, 0.1) is 4.90 Å². The van der Waals surface area contributed by atoms with Gasteiger partial charge in [0.25, 0.3) is 0 Å². The molecule has 1 N–H and O–H groups in total. The smallest absolute Gasteiger partial charge is 0.243 e. The SMILES string of the molecule is Cc1cccc(S(=O)(=O)N2C[C@H]3CNC[C@H]3C2)c1. The zero-order chi connectivity index (χ0) is 12.8. The second kappa shape index (κ2) is 4.33. The van der Waals surface area contributed by atoms with Crippen molar-refractivity contribution in [2.75, 3.05) is 26.2 Å². The Labute approximate surface area is 108 Å². The van der Waals surface area contributed by atoms with Crippen molar-refractivity contribution in [3.63, 3.8) is 0 Å². The van der Waals surface area contributed by atoms with Crippen molar-refractivity contribution >= 4 is 10.0 Å². The Balaban J connectivity index is 1.87. The van der Waals surface area contributed by atoms with Crippen molar-refractivity contribution < 1.29 is 8.42 Å². The molecule has 3 rings (SSSR count). The van der Waals surface area contributed by atoms with Crippen LogP contribution in [-0.2, 0) is 10.0 Å². The molecule has 0 saturated carbocycles. The number of nitrogens with one attached hydrogen (secondary N) is 1. The molecule has 0 unspecified atom stereocenters. The number of benzene rings is 1. The number of fused-ring (bicyclic) bond motifs is 1. The largest absolute Gasteiger partial charge is 0.316 e. The van der Waals surface area contributed by atoms with Crippen molar-refractivity contribution in [1.82, 2.24) is 9.62 Å². The van der Waals surface area contributed by atoms with E-state index < -0.39 is 10.0 Å². The van der Waals surface area contributed by atoms with E-state index in [2.05, 4.69) is 5.32 Å². The lowest BCUT2D eigenvalue weighted by atomic mass is 10.0. The molecule has 0 aromatic heterocycles. The van der Waals surface area contributed by atoms with E-state index in [-0.39, 0.29) is 0 Å². The molecule has 0 radical (unpaired) electrons. The monoisotopic (exact) mass is 266 g/mol. The van der Waals surface area contributed by atoms with Crippen LogP contribution in [0.1, 0.15) is 5.56 Å². The van der Waals surface area contributed by atoms with Crippen LogP contribution in [0.5, 0.6) is 0 Å². The van der Waals surface area contributed by atoms with Crippen LogP contribution in [-0.4, -0.2) is 38.9 Å². The second-order valence-corrected chi connectivity index (χ2v) is 7.25. The molecule has 2 aliphatic heterocycles. The molecule has 1 aromatic rings. The van der Waals surface area contributed by atoms with Crippen molar-refractivity contribution in [2.45, 2.75) is 11.8 Å². The van der Waals surface area contributed by atoms with Gasteiger partial charge < -0.3 is 5.32 Å². The van der Waals surface area contributed by atoms with Gasteiger partial charge in [-0.3, -0.25) is 0 Å². The normalized spacial score (nSPS) is 28.5. The highest BCUT2D eigenvalue weighted by Gasteiger charge is 2.41. The van der Waals surface area contributed by atoms with Crippen molar-refractivity contribution in [3.05, 3.63) is 29.8 Å². The van der Waals surface area contributed by atoms with Crippen LogP contribution < -0.4 is 5.32 Å². The van der Waals surface area contributed by atoms with Gasteiger partial charge in [0, 0.05) is 13.1 Å². The first-order valence-corrected chi connectivity index (χ1v) is 7.79. The molecular formula is C13H18N2O2S. The molecule has 2 fully saturated rings. The molecule has 0 aliphatic carbocycles. The summed E-state index contributed by atoms with van der Waals surface area (Å²) in [5, 5.41) is 3.32. The van der Waals surface area contributed by atoms with Gasteiger partial charge in [0.1, 0.15) is 0 Å². The third kappa shape index (κ3) is 1.96. The summed E-state index contributed by atoms with van der Waals surface area (Å²) in [6.45, 7) is 5.14. The van der Waals surface area contributed by atoms with E-state index in [0.29, 0.717) is 29.8 Å². The van der Waals surface area contributed by atoms with Crippen LogP contribution >= 0.6 is 0 Å². The summed E-state index contributed by atoms with van der Waals surface area (Å²) in [5.41, 5.74) is 0.983. The molecule has 2 aliphatic rings. The fourth-order valence-electron chi connectivity index (χ4n) is 2.93. The lowest BCUT2D eigenvalue weighted by Crippen LogP contribution is -2.31. The summed E-state index contributed by atoms with van der Waals surface area (Å²) in [4.78, 5) is 0.426. The third-order valence-corrected chi connectivity index (χ3v) is 5.81. The van der Waals surface area contributed by atoms with Crippen molar-refractivity contribution in [2.24, 2.45) is 11.8 Å². The van der Waals surface area contributed by atoms with Gasteiger partial charge in [-0.25, -0.2) is 8.42 Å². The summed E-state index contributed by atoms with van der Waals surface area (Å²) in [6, 6.07) is 7.17. The molecule has 98 valence electrons. The predicted octanol–water partition coefficient (Wildman–Crippen LogP) is 0.835. The molecule has 0 spiro atoms. The minimum absolute atomic E-state index is 0.426. The standard InChI is InChI=1S/C13H18N2O2S/c1-10-3-2-4-13(5-10)18(16,17)15-8-11-6-14-7-12(11)9-15/h2-5,11-12,14H,6-9H2,1H3/t11-,12+. The minimum atomic E-state index is -3.30. The average molecular weight is 266 g/mol. The summed E-state index contributed by atoms with van der Waals surface area (Å²) in [6.07, 6.45) is 0. The van der Waals surface area contributed by atoms with Crippen LogP contribution in [0.15, 0.2) is 29.2 Å². The molecule has 0 bridgehead atoms. The Kier molecular flexibility index (Phi) is 2.92. The first-order valence-electron chi connectivity index (χ1n) is 6.35. The lowest BCUT2D eigenvalue weighted by molar-refractivity contribution is 0.448. The maximum Gasteiger partial charge on any atom is 0.243 e. The molecule has 5 heteroatoms. The third-order valence-electron chi connectivity index (χ3n) is 3.98. The number of sulfonamides is 1. The minimum Gasteiger partial charge on any atom is -0.316 e. The Morgan fingerprint density at radius 2 is 1.89 bits per heavy atom. The number of aryl methyl sites for hydroxylation is 1. The van der Waals surface area contributed by atoms with Crippen LogP contribution in [0.4, 0.5) is 0 Å². The molecule has 2 heterocycles. The maximum absolute atomic E-state index is 12.5. The van der Waals surface area contributed by atoms with E-state index in [1.165, 1.54) is 0 Å². The van der Waals surface area contributed by atoms with Crippen LogP contribution in [0, 0.1) is 18.8 Å².